The average Bonchev–Trinajstić information content (AvgIpc) is 2.92. The Morgan fingerprint density at radius 1 is 1.25 bits per heavy atom. The summed E-state index contributed by atoms with van der Waals surface area (Å²) in [6.07, 6.45) is 1.61. The van der Waals surface area contributed by atoms with Crippen LogP contribution in [0.1, 0.15) is 40.3 Å². The molecule has 0 heterocycles. The number of aryl methyl sites for hydroxylation is 2. The zero-order valence-electron chi connectivity index (χ0n) is 14.3. The third-order valence-corrected chi connectivity index (χ3v) is 4.71. The smallest absolute Gasteiger partial charge is 0.150 e. The molecule has 4 nitrogen and oxygen atoms in total. The quantitative estimate of drug-likeness (QED) is 0.461. The highest BCUT2D eigenvalue weighted by atomic mass is 19.1. The van der Waals surface area contributed by atoms with E-state index in [-0.39, 0.29) is 11.9 Å². The maximum Gasteiger partial charge on any atom is 0.150 e. The van der Waals surface area contributed by atoms with Crippen LogP contribution in [0.25, 0.3) is 11.1 Å². The molecular weight excluding hydrogens is 303 g/mol. The maximum absolute atomic E-state index is 14.2. The van der Waals surface area contributed by atoms with Crippen LogP contribution in [-0.2, 0) is 6.42 Å². The van der Waals surface area contributed by atoms with Crippen molar-refractivity contribution in [3.63, 3.8) is 0 Å². The summed E-state index contributed by atoms with van der Waals surface area (Å²) < 4.78 is 14.2. The van der Waals surface area contributed by atoms with Crippen LogP contribution >= 0.6 is 0 Å². The first-order valence-corrected chi connectivity index (χ1v) is 8.12. The summed E-state index contributed by atoms with van der Waals surface area (Å²) in [4.78, 5) is 0. The number of nitrogens with one attached hydrogen (secondary N) is 1. The molecule has 0 spiro atoms. The van der Waals surface area contributed by atoms with Gasteiger partial charge in [0.25, 0.3) is 0 Å². The fourth-order valence-electron chi connectivity index (χ4n) is 3.71. The number of hydrazone groups is 1. The summed E-state index contributed by atoms with van der Waals surface area (Å²) >= 11 is 0. The second-order valence-corrected chi connectivity index (χ2v) is 6.34. The largest absolute Gasteiger partial charge is 0.382 e. The maximum atomic E-state index is 14.2. The van der Waals surface area contributed by atoms with Gasteiger partial charge >= 0.3 is 0 Å². The molecule has 5 N–H and O–H groups in total. The van der Waals surface area contributed by atoms with Crippen molar-refractivity contribution >= 4 is 5.84 Å². The van der Waals surface area contributed by atoms with E-state index >= 15 is 0 Å². The molecule has 0 unspecified atom stereocenters. The SMILES string of the molecule is CN/N=C(\N)c1cc(C)c(-c2ccc(F)c3c2CC[C@H]3N)c(C)c1. The fourth-order valence-corrected chi connectivity index (χ4v) is 3.71. The van der Waals surface area contributed by atoms with Gasteiger partial charge in [-0.15, -0.1) is 0 Å². The Morgan fingerprint density at radius 2 is 1.92 bits per heavy atom. The third kappa shape index (κ3) is 2.65. The molecule has 0 saturated heterocycles. The lowest BCUT2D eigenvalue weighted by Crippen LogP contribution is -2.17. The van der Waals surface area contributed by atoms with E-state index in [2.05, 4.69) is 10.5 Å². The van der Waals surface area contributed by atoms with Crippen molar-refractivity contribution in [1.29, 1.82) is 0 Å². The Balaban J connectivity index is 2.17. The number of nitrogens with zero attached hydrogens (tertiary/aromatic N) is 1. The van der Waals surface area contributed by atoms with E-state index in [0.717, 1.165) is 46.2 Å². The van der Waals surface area contributed by atoms with Crippen LogP contribution in [0.4, 0.5) is 4.39 Å². The van der Waals surface area contributed by atoms with Crippen LogP contribution in [0, 0.1) is 19.7 Å². The Labute approximate surface area is 141 Å². The summed E-state index contributed by atoms with van der Waals surface area (Å²) in [6.45, 7) is 4.09. The van der Waals surface area contributed by atoms with Crippen molar-refractivity contribution < 1.29 is 4.39 Å². The number of fused-ring (bicyclic) bond motifs is 1. The first-order valence-electron chi connectivity index (χ1n) is 8.12. The van der Waals surface area contributed by atoms with Crippen molar-refractivity contribution in [2.75, 3.05) is 7.05 Å². The molecule has 0 bridgehead atoms. The molecule has 126 valence electrons. The van der Waals surface area contributed by atoms with Crippen LogP contribution < -0.4 is 16.9 Å². The minimum atomic E-state index is -0.210. The number of hydrogen-bond acceptors (Lipinski definition) is 3. The predicted molar refractivity (Wildman–Crippen MR) is 96.3 cm³/mol. The van der Waals surface area contributed by atoms with Crippen molar-refractivity contribution in [2.24, 2.45) is 16.6 Å². The van der Waals surface area contributed by atoms with Gasteiger partial charge in [-0.05, 0) is 72.7 Å². The summed E-state index contributed by atoms with van der Waals surface area (Å²) in [5.41, 5.74) is 21.7. The molecule has 0 fully saturated rings. The van der Waals surface area contributed by atoms with Crippen LogP contribution in [0.2, 0.25) is 0 Å². The zero-order valence-corrected chi connectivity index (χ0v) is 14.3. The molecule has 0 saturated carbocycles. The molecule has 2 aromatic rings. The van der Waals surface area contributed by atoms with Gasteiger partial charge in [-0.3, -0.25) is 0 Å². The number of nitrogens with two attached hydrogens (primary N) is 2. The number of amidine groups is 1. The van der Waals surface area contributed by atoms with Crippen LogP contribution in [0.3, 0.4) is 0 Å². The number of benzene rings is 2. The fraction of sp³-hybridized carbons (Fsp3) is 0.316. The molecule has 1 aliphatic rings. The lowest BCUT2D eigenvalue weighted by Gasteiger charge is -2.17. The zero-order chi connectivity index (χ0) is 17.4. The van der Waals surface area contributed by atoms with Crippen molar-refractivity contribution in [3.05, 3.63) is 57.9 Å². The second-order valence-electron chi connectivity index (χ2n) is 6.34. The second kappa shape index (κ2) is 6.24. The van der Waals surface area contributed by atoms with E-state index < -0.39 is 0 Å². The van der Waals surface area contributed by atoms with Crippen molar-refractivity contribution in [3.8, 4) is 11.1 Å². The molecule has 0 aromatic heterocycles. The minimum Gasteiger partial charge on any atom is -0.382 e. The molecule has 0 amide bonds. The van der Waals surface area contributed by atoms with E-state index in [0.29, 0.717) is 11.4 Å². The van der Waals surface area contributed by atoms with Gasteiger partial charge in [0, 0.05) is 24.2 Å². The van der Waals surface area contributed by atoms with Gasteiger partial charge in [-0.2, -0.15) is 5.10 Å². The normalized spacial score (nSPS) is 17.0. The van der Waals surface area contributed by atoms with E-state index in [4.69, 9.17) is 11.5 Å². The summed E-state index contributed by atoms with van der Waals surface area (Å²) in [5, 5.41) is 4.04. The highest BCUT2D eigenvalue weighted by molar-refractivity contribution is 5.98. The average molecular weight is 326 g/mol. The Hall–Kier alpha value is -2.40. The molecule has 0 aliphatic heterocycles. The van der Waals surface area contributed by atoms with Gasteiger partial charge in [-0.1, -0.05) is 6.07 Å². The van der Waals surface area contributed by atoms with Crippen LogP contribution in [0.15, 0.2) is 29.4 Å². The molecule has 3 rings (SSSR count). The first kappa shape index (κ1) is 16.5. The Kier molecular flexibility index (Phi) is 4.28. The molecule has 2 aromatic carbocycles. The summed E-state index contributed by atoms with van der Waals surface area (Å²) in [6, 6.07) is 7.22. The summed E-state index contributed by atoms with van der Waals surface area (Å²) in [7, 11) is 1.71. The molecular formula is C19H23FN4. The van der Waals surface area contributed by atoms with Gasteiger partial charge in [0.05, 0.1) is 0 Å². The first-order chi connectivity index (χ1) is 11.4. The Bertz CT molecular complexity index is 803. The van der Waals surface area contributed by atoms with Gasteiger partial charge in [0.15, 0.2) is 5.84 Å². The predicted octanol–water partition coefficient (Wildman–Crippen LogP) is 2.90. The van der Waals surface area contributed by atoms with Crippen molar-refractivity contribution in [2.45, 2.75) is 32.7 Å². The van der Waals surface area contributed by atoms with Gasteiger partial charge in [0.2, 0.25) is 0 Å². The highest BCUT2D eigenvalue weighted by Crippen LogP contribution is 2.40. The molecule has 1 atom stereocenters. The third-order valence-electron chi connectivity index (χ3n) is 4.71. The lowest BCUT2D eigenvalue weighted by molar-refractivity contribution is 0.589. The van der Waals surface area contributed by atoms with E-state index in [9.17, 15) is 4.39 Å². The molecule has 5 heteroatoms. The topological polar surface area (TPSA) is 76.4 Å². The molecule has 1 aliphatic carbocycles. The van der Waals surface area contributed by atoms with Gasteiger partial charge < -0.3 is 16.9 Å². The standard InChI is InChI=1S/C19H23FN4/c1-10-8-12(19(22)24-23-3)9-11(2)17(10)13-4-6-15(20)18-14(13)5-7-16(18)21/h4,6,8-9,16,23H,5,7,21H2,1-3H3,(H2,22,24)/t16-/m1/s1. The van der Waals surface area contributed by atoms with E-state index in [1.165, 1.54) is 6.07 Å². The van der Waals surface area contributed by atoms with E-state index in [1.807, 2.05) is 32.0 Å². The monoisotopic (exact) mass is 326 g/mol. The van der Waals surface area contributed by atoms with Crippen molar-refractivity contribution in [1.82, 2.24) is 5.43 Å². The van der Waals surface area contributed by atoms with Crippen LogP contribution in [0.5, 0.6) is 0 Å². The summed E-state index contributed by atoms with van der Waals surface area (Å²) in [5.74, 6) is 0.248. The van der Waals surface area contributed by atoms with Gasteiger partial charge in [-0.25, -0.2) is 4.39 Å². The number of rotatable bonds is 3. The lowest BCUT2D eigenvalue weighted by atomic mass is 9.89. The molecule has 0 radical (unpaired) electrons. The molecule has 24 heavy (non-hydrogen) atoms. The minimum absolute atomic E-state index is 0.198. The Morgan fingerprint density at radius 3 is 2.54 bits per heavy atom. The van der Waals surface area contributed by atoms with E-state index in [1.54, 1.807) is 7.05 Å². The number of halogens is 1. The van der Waals surface area contributed by atoms with Crippen LogP contribution in [-0.4, -0.2) is 12.9 Å². The van der Waals surface area contributed by atoms with Gasteiger partial charge in [0.1, 0.15) is 5.82 Å². The highest BCUT2D eigenvalue weighted by Gasteiger charge is 2.26. The number of hydrogen-bond donors (Lipinski definition) is 3.